The quantitative estimate of drug-likeness (QED) is 0.681. The SMILES string of the molecule is CCOCC(O)CN1CCC[C@H](C(=O)OCC)C1. The molecule has 0 saturated carbocycles. The van der Waals surface area contributed by atoms with E-state index in [-0.39, 0.29) is 11.9 Å². The summed E-state index contributed by atoms with van der Waals surface area (Å²) in [5.74, 6) is -0.153. The molecule has 0 aromatic carbocycles. The van der Waals surface area contributed by atoms with E-state index < -0.39 is 6.10 Å². The van der Waals surface area contributed by atoms with Crippen molar-refractivity contribution in [2.24, 2.45) is 5.92 Å². The summed E-state index contributed by atoms with van der Waals surface area (Å²) in [5, 5.41) is 9.78. The number of nitrogens with zero attached hydrogens (tertiary/aromatic N) is 1. The van der Waals surface area contributed by atoms with Gasteiger partial charge in [0.15, 0.2) is 0 Å². The van der Waals surface area contributed by atoms with Crippen LogP contribution in [0, 0.1) is 5.92 Å². The number of rotatable bonds is 7. The van der Waals surface area contributed by atoms with Crippen molar-refractivity contribution in [1.82, 2.24) is 4.90 Å². The van der Waals surface area contributed by atoms with Crippen molar-refractivity contribution in [3.05, 3.63) is 0 Å². The number of esters is 1. The Kier molecular flexibility index (Phi) is 7.23. The monoisotopic (exact) mass is 259 g/mol. The Hall–Kier alpha value is -0.650. The van der Waals surface area contributed by atoms with Gasteiger partial charge in [-0.2, -0.15) is 0 Å². The molecule has 1 N–H and O–H groups in total. The number of likely N-dealkylation sites (tertiary alicyclic amines) is 1. The van der Waals surface area contributed by atoms with Gasteiger partial charge in [0, 0.05) is 19.7 Å². The van der Waals surface area contributed by atoms with Gasteiger partial charge in [-0.25, -0.2) is 0 Å². The molecule has 0 radical (unpaired) electrons. The zero-order valence-electron chi connectivity index (χ0n) is 11.4. The molecule has 1 unspecified atom stereocenters. The fraction of sp³-hybridized carbons (Fsp3) is 0.923. The molecule has 0 aromatic heterocycles. The van der Waals surface area contributed by atoms with Gasteiger partial charge in [-0.1, -0.05) is 0 Å². The molecule has 18 heavy (non-hydrogen) atoms. The molecular weight excluding hydrogens is 234 g/mol. The first-order valence-corrected chi connectivity index (χ1v) is 6.82. The molecule has 5 nitrogen and oxygen atoms in total. The number of carbonyl (C=O) groups is 1. The number of ether oxygens (including phenoxy) is 2. The first kappa shape index (κ1) is 15.4. The Balaban J connectivity index is 2.32. The number of β-amino-alcohol motifs (C(OH)–C–C–N with tert-alkyl or cyclic N) is 1. The summed E-state index contributed by atoms with van der Waals surface area (Å²) in [6.45, 7) is 7.31. The predicted molar refractivity (Wildman–Crippen MR) is 68.3 cm³/mol. The number of aliphatic hydroxyl groups excluding tert-OH is 1. The fourth-order valence-corrected chi connectivity index (χ4v) is 2.28. The fourth-order valence-electron chi connectivity index (χ4n) is 2.28. The Morgan fingerprint density at radius 2 is 2.22 bits per heavy atom. The van der Waals surface area contributed by atoms with Crippen molar-refractivity contribution in [2.45, 2.75) is 32.8 Å². The van der Waals surface area contributed by atoms with Crippen LogP contribution in [0.1, 0.15) is 26.7 Å². The number of carbonyl (C=O) groups excluding carboxylic acids is 1. The van der Waals surface area contributed by atoms with E-state index >= 15 is 0 Å². The molecule has 2 atom stereocenters. The minimum atomic E-state index is -0.481. The summed E-state index contributed by atoms with van der Waals surface area (Å²) in [6.07, 6.45) is 1.38. The third-order valence-corrected chi connectivity index (χ3v) is 3.11. The topological polar surface area (TPSA) is 59.0 Å². The Bertz CT molecular complexity index is 247. The molecule has 0 aromatic rings. The van der Waals surface area contributed by atoms with Gasteiger partial charge in [-0.15, -0.1) is 0 Å². The van der Waals surface area contributed by atoms with Crippen LogP contribution in [-0.2, 0) is 14.3 Å². The van der Waals surface area contributed by atoms with Crippen LogP contribution in [0.3, 0.4) is 0 Å². The van der Waals surface area contributed by atoms with E-state index in [0.29, 0.717) is 32.9 Å². The third kappa shape index (κ3) is 5.33. The van der Waals surface area contributed by atoms with Crippen LogP contribution in [0.4, 0.5) is 0 Å². The molecule has 1 aliphatic rings. The zero-order valence-corrected chi connectivity index (χ0v) is 11.4. The summed E-state index contributed by atoms with van der Waals surface area (Å²) in [7, 11) is 0. The number of hydrogen-bond acceptors (Lipinski definition) is 5. The maximum absolute atomic E-state index is 11.7. The van der Waals surface area contributed by atoms with Crippen LogP contribution in [0.25, 0.3) is 0 Å². The molecule has 106 valence electrons. The van der Waals surface area contributed by atoms with Gasteiger partial charge in [0.25, 0.3) is 0 Å². The maximum Gasteiger partial charge on any atom is 0.310 e. The average Bonchev–Trinajstić information content (AvgIpc) is 2.37. The second-order valence-electron chi connectivity index (χ2n) is 4.66. The van der Waals surface area contributed by atoms with Gasteiger partial charge in [0.05, 0.1) is 25.2 Å². The van der Waals surface area contributed by atoms with E-state index in [1.165, 1.54) is 0 Å². The average molecular weight is 259 g/mol. The van der Waals surface area contributed by atoms with Crippen LogP contribution < -0.4 is 0 Å². The van der Waals surface area contributed by atoms with Gasteiger partial charge in [0.1, 0.15) is 0 Å². The molecule has 0 bridgehead atoms. The standard InChI is InChI=1S/C13H25NO4/c1-3-17-10-12(15)9-14-7-5-6-11(8-14)13(16)18-4-2/h11-12,15H,3-10H2,1-2H3/t11-,12?/m0/s1. The molecule has 0 spiro atoms. The normalized spacial score (nSPS) is 22.7. The van der Waals surface area contributed by atoms with Gasteiger partial charge in [-0.05, 0) is 33.2 Å². The van der Waals surface area contributed by atoms with E-state index in [2.05, 4.69) is 4.90 Å². The smallest absolute Gasteiger partial charge is 0.310 e. The van der Waals surface area contributed by atoms with Crippen molar-refractivity contribution in [1.29, 1.82) is 0 Å². The molecule has 5 heteroatoms. The zero-order chi connectivity index (χ0) is 13.4. The van der Waals surface area contributed by atoms with Crippen LogP contribution in [0.5, 0.6) is 0 Å². The highest BCUT2D eigenvalue weighted by Crippen LogP contribution is 2.18. The molecule has 0 aliphatic carbocycles. The lowest BCUT2D eigenvalue weighted by Gasteiger charge is -2.32. The van der Waals surface area contributed by atoms with Crippen molar-refractivity contribution < 1.29 is 19.4 Å². The Morgan fingerprint density at radius 3 is 2.89 bits per heavy atom. The molecule has 1 aliphatic heterocycles. The highest BCUT2D eigenvalue weighted by molar-refractivity contribution is 5.72. The Labute approximate surface area is 109 Å². The van der Waals surface area contributed by atoms with Crippen molar-refractivity contribution >= 4 is 5.97 Å². The molecule has 1 fully saturated rings. The Morgan fingerprint density at radius 1 is 1.44 bits per heavy atom. The maximum atomic E-state index is 11.7. The molecule has 1 heterocycles. The minimum Gasteiger partial charge on any atom is -0.466 e. The molecular formula is C13H25NO4. The summed E-state index contributed by atoms with van der Waals surface area (Å²) in [4.78, 5) is 13.8. The van der Waals surface area contributed by atoms with Gasteiger partial charge >= 0.3 is 5.97 Å². The molecule has 1 rings (SSSR count). The van der Waals surface area contributed by atoms with Crippen LogP contribution in [0.2, 0.25) is 0 Å². The second-order valence-corrected chi connectivity index (χ2v) is 4.66. The highest BCUT2D eigenvalue weighted by atomic mass is 16.5. The number of piperidine rings is 1. The first-order chi connectivity index (χ1) is 8.67. The van der Waals surface area contributed by atoms with Gasteiger partial charge in [-0.3, -0.25) is 9.69 Å². The third-order valence-electron chi connectivity index (χ3n) is 3.11. The van der Waals surface area contributed by atoms with Crippen molar-refractivity contribution in [3.8, 4) is 0 Å². The first-order valence-electron chi connectivity index (χ1n) is 6.82. The molecule has 0 amide bonds. The lowest BCUT2D eigenvalue weighted by Crippen LogP contribution is -2.43. The van der Waals surface area contributed by atoms with Crippen LogP contribution in [0.15, 0.2) is 0 Å². The van der Waals surface area contributed by atoms with E-state index in [0.717, 1.165) is 19.4 Å². The van der Waals surface area contributed by atoms with Gasteiger partial charge in [0.2, 0.25) is 0 Å². The summed E-state index contributed by atoms with van der Waals surface area (Å²) in [6, 6.07) is 0. The predicted octanol–water partition coefficient (Wildman–Crippen LogP) is 0.659. The van der Waals surface area contributed by atoms with E-state index in [9.17, 15) is 9.90 Å². The summed E-state index contributed by atoms with van der Waals surface area (Å²) in [5.41, 5.74) is 0. The highest BCUT2D eigenvalue weighted by Gasteiger charge is 2.27. The second kappa shape index (κ2) is 8.45. The van der Waals surface area contributed by atoms with Crippen LogP contribution in [-0.4, -0.2) is 61.5 Å². The molecule has 1 saturated heterocycles. The van der Waals surface area contributed by atoms with Crippen molar-refractivity contribution in [2.75, 3.05) is 39.5 Å². The van der Waals surface area contributed by atoms with E-state index in [1.54, 1.807) is 0 Å². The van der Waals surface area contributed by atoms with E-state index in [4.69, 9.17) is 9.47 Å². The minimum absolute atomic E-state index is 0.0435. The number of aliphatic hydroxyl groups is 1. The summed E-state index contributed by atoms with van der Waals surface area (Å²) >= 11 is 0. The lowest BCUT2D eigenvalue weighted by atomic mass is 9.98. The largest absolute Gasteiger partial charge is 0.466 e. The lowest BCUT2D eigenvalue weighted by molar-refractivity contribution is -0.150. The van der Waals surface area contributed by atoms with E-state index in [1.807, 2.05) is 13.8 Å². The number of hydrogen-bond donors (Lipinski definition) is 1. The van der Waals surface area contributed by atoms with Crippen LogP contribution >= 0.6 is 0 Å². The van der Waals surface area contributed by atoms with Gasteiger partial charge < -0.3 is 14.6 Å². The summed E-state index contributed by atoms with van der Waals surface area (Å²) < 4.78 is 10.2. The van der Waals surface area contributed by atoms with Crippen molar-refractivity contribution in [3.63, 3.8) is 0 Å².